The number of carbonyl (C=O) groups excluding carboxylic acids is 2. The van der Waals surface area contributed by atoms with Gasteiger partial charge in [-0.25, -0.2) is 4.79 Å². The van der Waals surface area contributed by atoms with E-state index in [0.717, 1.165) is 19.3 Å². The summed E-state index contributed by atoms with van der Waals surface area (Å²) in [5.74, 6) is -0.324. The average Bonchev–Trinajstić information content (AvgIpc) is 2.65. The van der Waals surface area contributed by atoms with Gasteiger partial charge in [0.25, 0.3) is 0 Å². The molecule has 3 unspecified atom stereocenters. The smallest absolute Gasteiger partial charge is 0.331 e. The van der Waals surface area contributed by atoms with E-state index in [0.29, 0.717) is 25.7 Å². The Morgan fingerprint density at radius 3 is 2.48 bits per heavy atom. The van der Waals surface area contributed by atoms with Crippen LogP contribution in [0.2, 0.25) is 0 Å². The van der Waals surface area contributed by atoms with Gasteiger partial charge in [-0.2, -0.15) is 0 Å². The van der Waals surface area contributed by atoms with Crippen LogP contribution in [0.1, 0.15) is 58.3 Å². The van der Waals surface area contributed by atoms with Crippen LogP contribution in [0.25, 0.3) is 0 Å². The molecule has 1 aliphatic heterocycles. The lowest BCUT2D eigenvalue weighted by molar-refractivity contribution is -0.142. The van der Waals surface area contributed by atoms with Gasteiger partial charge in [-0.3, -0.25) is 4.79 Å². The lowest BCUT2D eigenvalue weighted by Crippen LogP contribution is -2.12. The van der Waals surface area contributed by atoms with E-state index >= 15 is 0 Å². The zero-order valence-electron chi connectivity index (χ0n) is 17.3. The van der Waals surface area contributed by atoms with Gasteiger partial charge in [0.15, 0.2) is 0 Å². The van der Waals surface area contributed by atoms with E-state index in [1.54, 1.807) is 42.5 Å². The molecule has 3 atom stereocenters. The molecule has 29 heavy (non-hydrogen) atoms. The average molecular weight is 403 g/mol. The molecule has 1 aliphatic rings. The summed E-state index contributed by atoms with van der Waals surface area (Å²) in [6.45, 7) is 1.87. The number of hydrogen-bond donors (Lipinski definition) is 2. The van der Waals surface area contributed by atoms with Gasteiger partial charge in [0.2, 0.25) is 0 Å². The highest BCUT2D eigenvalue weighted by atomic mass is 16.5. The molecule has 0 saturated heterocycles. The molecule has 0 spiro atoms. The Morgan fingerprint density at radius 1 is 0.931 bits per heavy atom. The minimum absolute atomic E-state index is 0.0522. The summed E-state index contributed by atoms with van der Waals surface area (Å²) >= 11 is 0. The zero-order chi connectivity index (χ0) is 21.3. The highest BCUT2D eigenvalue weighted by molar-refractivity contribution is 5.82. The highest BCUT2D eigenvalue weighted by Crippen LogP contribution is 2.08. The Kier molecular flexibility index (Phi) is 13.4. The van der Waals surface area contributed by atoms with Crippen LogP contribution >= 0.6 is 0 Å². The van der Waals surface area contributed by atoms with Crippen molar-refractivity contribution in [1.29, 1.82) is 0 Å². The molecule has 0 amide bonds. The van der Waals surface area contributed by atoms with Gasteiger partial charge < -0.3 is 14.9 Å². The van der Waals surface area contributed by atoms with Crippen LogP contribution in [0.15, 0.2) is 60.8 Å². The molecule has 0 aliphatic carbocycles. The summed E-state index contributed by atoms with van der Waals surface area (Å²) in [6.07, 6.45) is 20.5. The molecule has 1 rings (SSSR count). The summed E-state index contributed by atoms with van der Waals surface area (Å²) < 4.78 is 5.31. The first kappa shape index (κ1) is 24.8. The fraction of sp³-hybridized carbons (Fsp3) is 0.500. The first-order valence-corrected chi connectivity index (χ1v) is 10.4. The standard InChI is InChI=1S/C24H34O5/c1-20-13-7-3-2-4-8-16-22(26)19-23(27)17-11-5-9-14-21(25)15-10-6-12-18-24(28)29-20/h2,4-6,9-12,14,18,20-21,23,25,27H,3,7-8,13,15-17,19H2,1H3/b4-2?,10-6?,11-5?,14-9+,18-12?. The molecule has 2 N–H and O–H groups in total. The molecule has 1 heterocycles. The maximum absolute atomic E-state index is 11.9. The van der Waals surface area contributed by atoms with Gasteiger partial charge in [0.05, 0.1) is 18.3 Å². The van der Waals surface area contributed by atoms with Crippen LogP contribution in [0.3, 0.4) is 0 Å². The molecule has 0 aromatic carbocycles. The fourth-order valence-corrected chi connectivity index (χ4v) is 2.76. The summed E-state index contributed by atoms with van der Waals surface area (Å²) in [4.78, 5) is 23.6. The van der Waals surface area contributed by atoms with E-state index in [2.05, 4.69) is 0 Å². The Morgan fingerprint density at radius 2 is 1.66 bits per heavy atom. The van der Waals surface area contributed by atoms with E-state index < -0.39 is 12.2 Å². The summed E-state index contributed by atoms with van der Waals surface area (Å²) in [6, 6.07) is 0. The minimum atomic E-state index is -0.675. The first-order chi connectivity index (χ1) is 14.0. The molecular weight excluding hydrogens is 368 g/mol. The number of aliphatic hydroxyl groups excluding tert-OH is 2. The number of esters is 1. The van der Waals surface area contributed by atoms with Crippen molar-refractivity contribution in [3.8, 4) is 0 Å². The quantitative estimate of drug-likeness (QED) is 0.470. The summed E-state index contributed by atoms with van der Waals surface area (Å²) in [5.41, 5.74) is 0. The molecule has 0 aromatic rings. The van der Waals surface area contributed by atoms with Gasteiger partial charge in [0.1, 0.15) is 5.78 Å². The topological polar surface area (TPSA) is 83.8 Å². The normalized spacial score (nSPS) is 27.9. The number of cyclic esters (lactones) is 1. The number of Topliss-reactive ketones (excluding diaryl/α,β-unsaturated/α-hetero) is 1. The molecule has 0 aromatic heterocycles. The molecule has 5 heteroatoms. The van der Waals surface area contributed by atoms with Crippen LogP contribution < -0.4 is 0 Å². The predicted molar refractivity (Wildman–Crippen MR) is 115 cm³/mol. The van der Waals surface area contributed by atoms with Crippen molar-refractivity contribution in [2.45, 2.75) is 76.6 Å². The van der Waals surface area contributed by atoms with E-state index in [9.17, 15) is 19.8 Å². The second-order valence-electron chi connectivity index (χ2n) is 7.22. The molecule has 0 radical (unpaired) electrons. The predicted octanol–water partition coefficient (Wildman–Crippen LogP) is 4.12. The Bertz CT molecular complexity index is 627. The largest absolute Gasteiger partial charge is 0.460 e. The van der Waals surface area contributed by atoms with E-state index in [1.165, 1.54) is 6.08 Å². The number of hydrogen-bond acceptors (Lipinski definition) is 5. The first-order valence-electron chi connectivity index (χ1n) is 10.4. The van der Waals surface area contributed by atoms with Gasteiger partial charge in [-0.1, -0.05) is 54.7 Å². The lowest BCUT2D eigenvalue weighted by atomic mass is 10.1. The Balaban J connectivity index is 2.61. The summed E-state index contributed by atoms with van der Waals surface area (Å²) in [7, 11) is 0. The van der Waals surface area contributed by atoms with Gasteiger partial charge >= 0.3 is 5.97 Å². The SMILES string of the molecule is CC1CCCC=CCCC(=O)CC(O)CC=C/C=C/C(O)CC=CC=CC(=O)O1. The molecule has 160 valence electrons. The molecule has 5 nitrogen and oxygen atoms in total. The zero-order valence-corrected chi connectivity index (χ0v) is 17.3. The Labute approximate surface area is 174 Å². The fourth-order valence-electron chi connectivity index (χ4n) is 2.76. The molecular formula is C24H34O5. The van der Waals surface area contributed by atoms with Crippen molar-refractivity contribution >= 4 is 11.8 Å². The van der Waals surface area contributed by atoms with Gasteiger partial charge in [-0.05, 0) is 45.4 Å². The van der Waals surface area contributed by atoms with Crippen LogP contribution in [0, 0.1) is 0 Å². The number of rotatable bonds is 0. The number of ketones is 1. The summed E-state index contributed by atoms with van der Waals surface area (Å²) in [5, 5.41) is 19.8. The number of ether oxygens (including phenoxy) is 1. The van der Waals surface area contributed by atoms with Gasteiger partial charge in [-0.15, -0.1) is 0 Å². The third-order valence-electron chi connectivity index (χ3n) is 4.36. The van der Waals surface area contributed by atoms with Crippen molar-refractivity contribution in [3.63, 3.8) is 0 Å². The molecule has 0 bridgehead atoms. The highest BCUT2D eigenvalue weighted by Gasteiger charge is 2.09. The van der Waals surface area contributed by atoms with E-state index in [-0.39, 0.29) is 24.3 Å². The Hall–Kier alpha value is -2.24. The van der Waals surface area contributed by atoms with E-state index in [1.807, 2.05) is 19.1 Å². The number of carbonyl (C=O) groups is 2. The second-order valence-corrected chi connectivity index (χ2v) is 7.22. The van der Waals surface area contributed by atoms with Crippen molar-refractivity contribution in [2.75, 3.05) is 0 Å². The van der Waals surface area contributed by atoms with Crippen LogP contribution in [-0.4, -0.2) is 40.3 Å². The second kappa shape index (κ2) is 15.7. The number of aliphatic hydroxyl groups is 2. The van der Waals surface area contributed by atoms with Crippen molar-refractivity contribution in [2.24, 2.45) is 0 Å². The van der Waals surface area contributed by atoms with Crippen LogP contribution in [-0.2, 0) is 14.3 Å². The minimum Gasteiger partial charge on any atom is -0.460 e. The third-order valence-corrected chi connectivity index (χ3v) is 4.36. The maximum Gasteiger partial charge on any atom is 0.331 e. The number of allylic oxidation sites excluding steroid dienone is 6. The molecule has 0 fully saturated rings. The lowest BCUT2D eigenvalue weighted by Gasteiger charge is -2.10. The van der Waals surface area contributed by atoms with E-state index in [4.69, 9.17) is 4.74 Å². The molecule has 0 saturated carbocycles. The van der Waals surface area contributed by atoms with Crippen molar-refractivity contribution < 1.29 is 24.5 Å². The van der Waals surface area contributed by atoms with Crippen molar-refractivity contribution in [3.05, 3.63) is 60.8 Å². The monoisotopic (exact) mass is 402 g/mol. The third kappa shape index (κ3) is 14.4. The van der Waals surface area contributed by atoms with Crippen molar-refractivity contribution in [1.82, 2.24) is 0 Å². The maximum atomic E-state index is 11.9. The van der Waals surface area contributed by atoms with Gasteiger partial charge in [0, 0.05) is 18.9 Å². The van der Waals surface area contributed by atoms with Crippen LogP contribution in [0.5, 0.6) is 0 Å². The van der Waals surface area contributed by atoms with Crippen LogP contribution in [0.4, 0.5) is 0 Å².